The van der Waals surface area contributed by atoms with Gasteiger partial charge in [0.2, 0.25) is 0 Å². The molecule has 0 saturated heterocycles. The van der Waals surface area contributed by atoms with Crippen LogP contribution in [0.25, 0.3) is 0 Å². The maximum absolute atomic E-state index is 13.5. The first-order valence-corrected chi connectivity index (χ1v) is 7.24. The van der Waals surface area contributed by atoms with Crippen molar-refractivity contribution in [2.24, 2.45) is 11.8 Å². The Labute approximate surface area is 124 Å². The molecule has 2 rings (SSSR count). The van der Waals surface area contributed by atoms with Crippen molar-refractivity contribution in [2.75, 3.05) is 6.54 Å². The zero-order valence-corrected chi connectivity index (χ0v) is 12.3. The Hall–Kier alpha value is -1.43. The lowest BCUT2D eigenvalue weighted by molar-refractivity contribution is -0.142. The van der Waals surface area contributed by atoms with Crippen LogP contribution in [0.2, 0.25) is 0 Å². The first-order chi connectivity index (χ1) is 9.49. The molecule has 108 valence electrons. The van der Waals surface area contributed by atoms with Crippen molar-refractivity contribution in [1.29, 1.82) is 0 Å². The molecule has 6 heteroatoms. The Morgan fingerprint density at radius 3 is 2.85 bits per heavy atom. The van der Waals surface area contributed by atoms with Crippen LogP contribution in [-0.4, -0.2) is 23.5 Å². The number of halogens is 2. The molecule has 1 amide bonds. The number of benzene rings is 1. The molecule has 0 radical (unpaired) electrons. The monoisotopic (exact) mass is 343 g/mol. The smallest absolute Gasteiger partial charge is 0.306 e. The van der Waals surface area contributed by atoms with Crippen LogP contribution in [-0.2, 0) is 4.79 Å². The van der Waals surface area contributed by atoms with Gasteiger partial charge < -0.3 is 10.4 Å². The fourth-order valence-corrected chi connectivity index (χ4v) is 2.96. The normalized spacial score (nSPS) is 21.7. The maximum Gasteiger partial charge on any atom is 0.306 e. The van der Waals surface area contributed by atoms with Gasteiger partial charge in [-0.1, -0.05) is 22.4 Å². The Morgan fingerprint density at radius 2 is 2.15 bits per heavy atom. The van der Waals surface area contributed by atoms with Crippen LogP contribution in [0.15, 0.2) is 22.7 Å². The van der Waals surface area contributed by atoms with Gasteiger partial charge in [0.1, 0.15) is 5.82 Å². The highest BCUT2D eigenvalue weighted by molar-refractivity contribution is 9.10. The van der Waals surface area contributed by atoms with E-state index in [1.54, 1.807) is 0 Å². The number of rotatable bonds is 4. The van der Waals surface area contributed by atoms with E-state index < -0.39 is 23.6 Å². The predicted molar refractivity (Wildman–Crippen MR) is 74.9 cm³/mol. The summed E-state index contributed by atoms with van der Waals surface area (Å²) in [5, 5.41) is 11.7. The zero-order chi connectivity index (χ0) is 14.7. The molecule has 0 aromatic heterocycles. The number of hydrogen-bond acceptors (Lipinski definition) is 2. The van der Waals surface area contributed by atoms with Crippen LogP contribution in [0.5, 0.6) is 0 Å². The summed E-state index contributed by atoms with van der Waals surface area (Å²) in [5.41, 5.74) is -0.0377. The van der Waals surface area contributed by atoms with Crippen molar-refractivity contribution < 1.29 is 19.1 Å². The molecule has 0 spiro atoms. The Balaban J connectivity index is 1.98. The van der Waals surface area contributed by atoms with Gasteiger partial charge >= 0.3 is 5.97 Å². The molecule has 0 heterocycles. The molecule has 2 atom stereocenters. The van der Waals surface area contributed by atoms with Gasteiger partial charge in [-0.05, 0) is 37.0 Å². The van der Waals surface area contributed by atoms with Crippen LogP contribution in [0.4, 0.5) is 4.39 Å². The summed E-state index contributed by atoms with van der Waals surface area (Å²) in [6, 6.07) is 4.14. The molecule has 1 aliphatic rings. The third-order valence-electron chi connectivity index (χ3n) is 3.67. The van der Waals surface area contributed by atoms with Crippen LogP contribution < -0.4 is 5.32 Å². The van der Waals surface area contributed by atoms with Gasteiger partial charge in [-0.15, -0.1) is 0 Å². The van der Waals surface area contributed by atoms with Crippen molar-refractivity contribution in [3.8, 4) is 0 Å². The number of carboxylic acid groups (broad SMARTS) is 1. The van der Waals surface area contributed by atoms with E-state index in [-0.39, 0.29) is 18.0 Å². The van der Waals surface area contributed by atoms with E-state index in [9.17, 15) is 14.0 Å². The minimum Gasteiger partial charge on any atom is -0.481 e. The second-order valence-electron chi connectivity index (χ2n) is 4.97. The van der Waals surface area contributed by atoms with E-state index >= 15 is 0 Å². The standard InChI is InChI=1S/C14H15BrFNO3/c15-9-4-5-12(16)11(6-9)13(18)17-7-8-2-1-3-10(8)14(19)20/h4-6,8,10H,1-3,7H2,(H,17,18)(H,19,20). The number of aliphatic carboxylic acids is 1. The molecule has 1 aromatic rings. The molecule has 1 aromatic carbocycles. The average Bonchev–Trinajstić information content (AvgIpc) is 2.87. The molecule has 0 bridgehead atoms. The van der Waals surface area contributed by atoms with E-state index in [1.807, 2.05) is 0 Å². The molecule has 1 saturated carbocycles. The van der Waals surface area contributed by atoms with Crippen LogP contribution >= 0.6 is 15.9 Å². The summed E-state index contributed by atoms with van der Waals surface area (Å²) in [7, 11) is 0. The van der Waals surface area contributed by atoms with E-state index in [4.69, 9.17) is 5.11 Å². The lowest BCUT2D eigenvalue weighted by atomic mass is 9.96. The van der Waals surface area contributed by atoms with Crippen molar-refractivity contribution in [2.45, 2.75) is 19.3 Å². The van der Waals surface area contributed by atoms with Gasteiger partial charge in [0.05, 0.1) is 11.5 Å². The number of carbonyl (C=O) groups excluding carboxylic acids is 1. The summed E-state index contributed by atoms with van der Waals surface area (Å²) < 4.78 is 14.2. The first kappa shape index (κ1) is 15.0. The lowest BCUT2D eigenvalue weighted by Gasteiger charge is -2.16. The molecule has 4 nitrogen and oxygen atoms in total. The van der Waals surface area contributed by atoms with Crippen LogP contribution in [0, 0.1) is 17.7 Å². The van der Waals surface area contributed by atoms with E-state index in [0.717, 1.165) is 12.8 Å². The first-order valence-electron chi connectivity index (χ1n) is 6.45. The largest absolute Gasteiger partial charge is 0.481 e. The fourth-order valence-electron chi connectivity index (χ4n) is 2.60. The second kappa shape index (κ2) is 6.35. The highest BCUT2D eigenvalue weighted by atomic mass is 79.9. The van der Waals surface area contributed by atoms with E-state index in [2.05, 4.69) is 21.2 Å². The SMILES string of the molecule is O=C(NCC1CCCC1C(=O)O)c1cc(Br)ccc1F. The highest BCUT2D eigenvalue weighted by Crippen LogP contribution is 2.31. The van der Waals surface area contributed by atoms with E-state index in [0.29, 0.717) is 10.9 Å². The van der Waals surface area contributed by atoms with Crippen molar-refractivity contribution in [3.05, 3.63) is 34.1 Å². The third kappa shape index (κ3) is 3.36. The molecular weight excluding hydrogens is 329 g/mol. The molecular formula is C14H15BrFNO3. The van der Waals surface area contributed by atoms with Gasteiger partial charge in [-0.2, -0.15) is 0 Å². The zero-order valence-electron chi connectivity index (χ0n) is 10.7. The number of carbonyl (C=O) groups is 2. The lowest BCUT2D eigenvalue weighted by Crippen LogP contribution is -2.33. The molecule has 1 fully saturated rings. The summed E-state index contributed by atoms with van der Waals surface area (Å²) in [5.74, 6) is -2.42. The third-order valence-corrected chi connectivity index (χ3v) is 4.17. The summed E-state index contributed by atoms with van der Waals surface area (Å²) >= 11 is 3.19. The Morgan fingerprint density at radius 1 is 1.40 bits per heavy atom. The summed E-state index contributed by atoms with van der Waals surface area (Å²) in [6.07, 6.45) is 2.27. The number of nitrogens with one attached hydrogen (secondary N) is 1. The van der Waals surface area contributed by atoms with Crippen molar-refractivity contribution >= 4 is 27.8 Å². The topological polar surface area (TPSA) is 66.4 Å². The summed E-state index contributed by atoms with van der Waals surface area (Å²) in [4.78, 5) is 23.0. The van der Waals surface area contributed by atoms with Crippen LogP contribution in [0.1, 0.15) is 29.6 Å². The molecule has 20 heavy (non-hydrogen) atoms. The maximum atomic E-state index is 13.5. The van der Waals surface area contributed by atoms with Gasteiger partial charge in [-0.3, -0.25) is 9.59 Å². The minimum absolute atomic E-state index is 0.0377. The Kier molecular flexibility index (Phi) is 4.75. The molecule has 2 N–H and O–H groups in total. The molecule has 2 unspecified atom stereocenters. The molecule has 0 aliphatic heterocycles. The summed E-state index contributed by atoms with van der Waals surface area (Å²) in [6.45, 7) is 0.266. The van der Waals surface area contributed by atoms with Gasteiger partial charge in [0, 0.05) is 11.0 Å². The van der Waals surface area contributed by atoms with Crippen molar-refractivity contribution in [1.82, 2.24) is 5.32 Å². The van der Waals surface area contributed by atoms with Gasteiger partial charge in [-0.25, -0.2) is 4.39 Å². The van der Waals surface area contributed by atoms with Crippen molar-refractivity contribution in [3.63, 3.8) is 0 Å². The van der Waals surface area contributed by atoms with Crippen LogP contribution in [0.3, 0.4) is 0 Å². The number of hydrogen-bond donors (Lipinski definition) is 2. The van der Waals surface area contributed by atoms with E-state index in [1.165, 1.54) is 18.2 Å². The number of carboxylic acids is 1. The minimum atomic E-state index is -0.824. The number of amides is 1. The predicted octanol–water partition coefficient (Wildman–Crippen LogP) is 2.82. The second-order valence-corrected chi connectivity index (χ2v) is 5.89. The Bertz CT molecular complexity index is 535. The van der Waals surface area contributed by atoms with Gasteiger partial charge in [0.15, 0.2) is 0 Å². The quantitative estimate of drug-likeness (QED) is 0.883. The fraction of sp³-hybridized carbons (Fsp3) is 0.429. The highest BCUT2D eigenvalue weighted by Gasteiger charge is 2.33. The molecule has 1 aliphatic carbocycles. The van der Waals surface area contributed by atoms with Gasteiger partial charge in [0.25, 0.3) is 5.91 Å². The average molecular weight is 344 g/mol.